The molecule has 2 amide bonds. The van der Waals surface area contributed by atoms with E-state index in [0.29, 0.717) is 12.2 Å². The largest absolute Gasteiger partial charge is 0.480 e. The number of carbonyl (C=O) groups is 3. The van der Waals surface area contributed by atoms with E-state index in [0.717, 1.165) is 22.3 Å². The first-order chi connectivity index (χ1) is 16.1. The average molecular weight is 485 g/mol. The van der Waals surface area contributed by atoms with Crippen molar-refractivity contribution >= 4 is 29.7 Å². The first kappa shape index (κ1) is 25.6. The molecule has 2 atom stereocenters. The summed E-state index contributed by atoms with van der Waals surface area (Å²) in [5.41, 5.74) is 3.78. The third kappa shape index (κ3) is 5.91. The highest BCUT2D eigenvalue weighted by molar-refractivity contribution is 7.98. The third-order valence-electron chi connectivity index (χ3n) is 5.96. The van der Waals surface area contributed by atoms with Crippen molar-refractivity contribution in [3.8, 4) is 11.1 Å². The van der Waals surface area contributed by atoms with Crippen LogP contribution in [0.1, 0.15) is 44.2 Å². The Labute approximate surface area is 204 Å². The average Bonchev–Trinajstić information content (AvgIpc) is 3.11. The Balaban J connectivity index is 1.67. The van der Waals surface area contributed by atoms with Crippen LogP contribution in [0.2, 0.25) is 0 Å². The van der Waals surface area contributed by atoms with Crippen molar-refractivity contribution in [2.45, 2.75) is 45.2 Å². The molecule has 0 heterocycles. The molecule has 0 bridgehead atoms. The Hall–Kier alpha value is -3.00. The van der Waals surface area contributed by atoms with E-state index in [-0.39, 0.29) is 12.5 Å². The van der Waals surface area contributed by atoms with Crippen LogP contribution in [-0.2, 0) is 14.3 Å². The van der Waals surface area contributed by atoms with Crippen LogP contribution in [0, 0.1) is 5.41 Å². The molecule has 1 aliphatic rings. The van der Waals surface area contributed by atoms with Crippen molar-refractivity contribution < 1.29 is 24.2 Å². The van der Waals surface area contributed by atoms with Gasteiger partial charge in [0.1, 0.15) is 18.7 Å². The number of nitrogens with one attached hydrogen (secondary N) is 2. The third-order valence-corrected chi connectivity index (χ3v) is 6.61. The van der Waals surface area contributed by atoms with Gasteiger partial charge in [-0.15, -0.1) is 0 Å². The summed E-state index contributed by atoms with van der Waals surface area (Å²) in [5.74, 6) is -1.13. The Morgan fingerprint density at radius 2 is 1.56 bits per heavy atom. The molecular formula is C26H32N2O5S. The molecule has 0 radical (unpaired) electrons. The Kier molecular flexibility index (Phi) is 8.25. The fourth-order valence-corrected chi connectivity index (χ4v) is 4.65. The van der Waals surface area contributed by atoms with Crippen LogP contribution in [0.4, 0.5) is 4.79 Å². The van der Waals surface area contributed by atoms with Gasteiger partial charge in [-0.1, -0.05) is 69.3 Å². The molecule has 0 aliphatic heterocycles. The summed E-state index contributed by atoms with van der Waals surface area (Å²) in [4.78, 5) is 37.2. The molecule has 0 spiro atoms. The lowest BCUT2D eigenvalue weighted by molar-refractivity contribution is -0.145. The van der Waals surface area contributed by atoms with Gasteiger partial charge in [-0.05, 0) is 46.1 Å². The van der Waals surface area contributed by atoms with E-state index >= 15 is 0 Å². The minimum Gasteiger partial charge on any atom is -0.480 e. The lowest BCUT2D eigenvalue weighted by atomic mass is 9.86. The van der Waals surface area contributed by atoms with E-state index in [9.17, 15) is 19.5 Å². The van der Waals surface area contributed by atoms with Gasteiger partial charge >= 0.3 is 12.1 Å². The number of hydrogen-bond donors (Lipinski definition) is 3. The fraction of sp³-hybridized carbons (Fsp3) is 0.423. The highest BCUT2D eigenvalue weighted by Crippen LogP contribution is 2.44. The first-order valence-electron chi connectivity index (χ1n) is 11.3. The van der Waals surface area contributed by atoms with Gasteiger partial charge in [0.25, 0.3) is 0 Å². The van der Waals surface area contributed by atoms with Crippen LogP contribution in [0.3, 0.4) is 0 Å². The van der Waals surface area contributed by atoms with Crippen molar-refractivity contribution in [2.24, 2.45) is 5.41 Å². The standard InChI is InChI=1S/C26H32N2O5S/c1-26(2,3)22(24(30)31)28-23(29)21(13-14-34-4)27-25(32)33-15-20-18-11-7-5-9-16(18)17-10-6-8-12-19(17)20/h5-12,20-22H,13-15H2,1-4H3,(H,27,32)(H,28,29)(H,30,31)/t21-,22+/m0/s1. The predicted molar refractivity (Wildman–Crippen MR) is 134 cm³/mol. The van der Waals surface area contributed by atoms with E-state index < -0.39 is 35.5 Å². The van der Waals surface area contributed by atoms with Crippen molar-refractivity contribution in [3.05, 3.63) is 59.7 Å². The highest BCUT2D eigenvalue weighted by atomic mass is 32.2. The molecular weight excluding hydrogens is 452 g/mol. The van der Waals surface area contributed by atoms with Gasteiger partial charge in [0.15, 0.2) is 0 Å². The summed E-state index contributed by atoms with van der Waals surface area (Å²) in [5, 5.41) is 14.7. The van der Waals surface area contributed by atoms with Crippen LogP contribution in [0.5, 0.6) is 0 Å². The van der Waals surface area contributed by atoms with Crippen molar-refractivity contribution in [2.75, 3.05) is 18.6 Å². The van der Waals surface area contributed by atoms with Crippen LogP contribution in [-0.4, -0.2) is 53.8 Å². The van der Waals surface area contributed by atoms with Crippen LogP contribution < -0.4 is 10.6 Å². The van der Waals surface area contributed by atoms with Crippen molar-refractivity contribution in [1.82, 2.24) is 10.6 Å². The molecule has 0 saturated heterocycles. The van der Waals surface area contributed by atoms with E-state index in [1.54, 1.807) is 20.8 Å². The van der Waals surface area contributed by atoms with E-state index in [1.165, 1.54) is 11.8 Å². The summed E-state index contributed by atoms with van der Waals surface area (Å²) in [6.07, 6.45) is 1.55. The number of ether oxygens (including phenoxy) is 1. The maximum absolute atomic E-state index is 12.9. The second kappa shape index (κ2) is 11.0. The summed E-state index contributed by atoms with van der Waals surface area (Å²) < 4.78 is 5.57. The lowest BCUT2D eigenvalue weighted by Crippen LogP contribution is -2.55. The number of carboxylic acid groups (broad SMARTS) is 1. The maximum atomic E-state index is 12.9. The van der Waals surface area contributed by atoms with Gasteiger partial charge in [0, 0.05) is 5.92 Å². The van der Waals surface area contributed by atoms with Crippen molar-refractivity contribution in [1.29, 1.82) is 0 Å². The number of carbonyl (C=O) groups excluding carboxylic acids is 2. The van der Waals surface area contributed by atoms with Gasteiger partial charge in [0.05, 0.1) is 0 Å². The molecule has 7 nitrogen and oxygen atoms in total. The lowest BCUT2D eigenvalue weighted by Gasteiger charge is -2.29. The van der Waals surface area contributed by atoms with E-state index in [4.69, 9.17) is 4.74 Å². The Morgan fingerprint density at radius 1 is 1.00 bits per heavy atom. The van der Waals surface area contributed by atoms with Crippen LogP contribution in [0.15, 0.2) is 48.5 Å². The number of fused-ring (bicyclic) bond motifs is 3. The van der Waals surface area contributed by atoms with Gasteiger partial charge < -0.3 is 20.5 Å². The molecule has 1 aliphatic carbocycles. The topological polar surface area (TPSA) is 105 Å². The zero-order chi connectivity index (χ0) is 24.9. The van der Waals surface area contributed by atoms with Crippen molar-refractivity contribution in [3.63, 3.8) is 0 Å². The molecule has 0 aromatic heterocycles. The predicted octanol–water partition coefficient (Wildman–Crippen LogP) is 4.26. The molecule has 3 rings (SSSR count). The molecule has 34 heavy (non-hydrogen) atoms. The highest BCUT2D eigenvalue weighted by Gasteiger charge is 2.35. The number of rotatable bonds is 9. The monoisotopic (exact) mass is 484 g/mol. The van der Waals surface area contributed by atoms with Gasteiger partial charge in [-0.3, -0.25) is 4.79 Å². The number of carboxylic acids is 1. The molecule has 0 saturated carbocycles. The SMILES string of the molecule is CSCC[C@H](NC(=O)OCC1c2ccccc2-c2ccccc21)C(=O)N[C@H](C(=O)O)C(C)(C)C. The molecule has 182 valence electrons. The summed E-state index contributed by atoms with van der Waals surface area (Å²) in [7, 11) is 0. The zero-order valence-electron chi connectivity index (χ0n) is 20.0. The number of hydrogen-bond acceptors (Lipinski definition) is 5. The quantitative estimate of drug-likeness (QED) is 0.491. The normalized spacial score (nSPS) is 14.5. The molecule has 0 unspecified atom stereocenters. The Bertz CT molecular complexity index is 1000. The molecule has 2 aromatic carbocycles. The van der Waals surface area contributed by atoms with Gasteiger partial charge in [0.2, 0.25) is 5.91 Å². The molecule has 8 heteroatoms. The number of alkyl carbamates (subject to hydrolysis) is 1. The maximum Gasteiger partial charge on any atom is 0.407 e. The molecule has 3 N–H and O–H groups in total. The van der Waals surface area contributed by atoms with Crippen LogP contribution >= 0.6 is 11.8 Å². The van der Waals surface area contributed by atoms with Gasteiger partial charge in [-0.2, -0.15) is 11.8 Å². The van der Waals surface area contributed by atoms with Crippen LogP contribution in [0.25, 0.3) is 11.1 Å². The van der Waals surface area contributed by atoms with E-state index in [2.05, 4.69) is 22.8 Å². The fourth-order valence-electron chi connectivity index (χ4n) is 4.18. The smallest absolute Gasteiger partial charge is 0.407 e. The van der Waals surface area contributed by atoms with Gasteiger partial charge in [-0.25, -0.2) is 9.59 Å². The molecule has 0 fully saturated rings. The second-order valence-electron chi connectivity index (χ2n) is 9.45. The second-order valence-corrected chi connectivity index (χ2v) is 10.4. The number of thioether (sulfide) groups is 1. The summed E-state index contributed by atoms with van der Waals surface area (Å²) in [6, 6.07) is 14.1. The zero-order valence-corrected chi connectivity index (χ0v) is 20.8. The minimum atomic E-state index is -1.12. The Morgan fingerprint density at radius 3 is 2.06 bits per heavy atom. The van der Waals surface area contributed by atoms with E-state index in [1.807, 2.05) is 42.7 Å². The minimum absolute atomic E-state index is 0.0890. The molecule has 2 aromatic rings. The number of benzene rings is 2. The summed E-state index contributed by atoms with van der Waals surface area (Å²) in [6.45, 7) is 5.35. The first-order valence-corrected chi connectivity index (χ1v) is 12.7. The summed E-state index contributed by atoms with van der Waals surface area (Å²) >= 11 is 1.54. The number of amides is 2. The number of aliphatic carboxylic acids is 1.